The zero-order valence-corrected chi connectivity index (χ0v) is 25.3. The minimum atomic E-state index is -0.578. The van der Waals surface area contributed by atoms with Gasteiger partial charge in [-0.05, 0) is 123 Å². The number of phenolic OH excluding ortho intramolecular Hbond substituents is 1. The van der Waals surface area contributed by atoms with Crippen LogP contribution in [0.5, 0.6) is 5.75 Å². The molecule has 6 rings (SSSR count). The molecule has 0 aromatic heterocycles. The van der Waals surface area contributed by atoms with E-state index in [1.54, 1.807) is 18.2 Å². The largest absolute Gasteiger partial charge is 0.507 e. The molecule has 46 heavy (non-hydrogen) atoms. The second-order valence-electron chi connectivity index (χ2n) is 12.3. The topological polar surface area (TPSA) is 20.2 Å². The molecule has 0 spiro atoms. The van der Waals surface area contributed by atoms with Crippen LogP contribution in [-0.4, -0.2) is 5.11 Å². The number of phenols is 1. The Labute approximate surface area is 264 Å². The molecule has 6 heteroatoms. The zero-order valence-electron chi connectivity index (χ0n) is 25.3. The van der Waals surface area contributed by atoms with Gasteiger partial charge in [0.25, 0.3) is 0 Å². The quantitative estimate of drug-likeness (QED) is 0.190. The van der Waals surface area contributed by atoms with Crippen molar-refractivity contribution in [3.8, 4) is 61.4 Å². The van der Waals surface area contributed by atoms with Crippen LogP contribution < -0.4 is 0 Å². The van der Waals surface area contributed by atoms with Crippen LogP contribution in [0.25, 0.3) is 55.6 Å². The molecule has 0 fully saturated rings. The minimum Gasteiger partial charge on any atom is -0.507 e. The predicted molar refractivity (Wildman–Crippen MR) is 174 cm³/mol. The first kappa shape index (κ1) is 30.8. The molecule has 1 N–H and O–H groups in total. The van der Waals surface area contributed by atoms with E-state index >= 15 is 4.39 Å². The van der Waals surface area contributed by atoms with E-state index in [0.29, 0.717) is 55.6 Å². The lowest BCUT2D eigenvalue weighted by Gasteiger charge is -2.25. The highest BCUT2D eigenvalue weighted by Gasteiger charge is 2.26. The maximum Gasteiger partial charge on any atom is 0.131 e. The third kappa shape index (κ3) is 6.03. The molecule has 0 atom stereocenters. The Kier molecular flexibility index (Phi) is 7.99. The van der Waals surface area contributed by atoms with Gasteiger partial charge >= 0.3 is 0 Å². The molecule has 6 aromatic rings. The molecule has 1 nitrogen and oxygen atoms in total. The number of hydrogen-bond donors (Lipinski definition) is 1. The second kappa shape index (κ2) is 11.9. The molecule has 0 saturated heterocycles. The fourth-order valence-electron chi connectivity index (χ4n) is 5.69. The molecule has 0 bridgehead atoms. The third-order valence-electron chi connectivity index (χ3n) is 8.09. The van der Waals surface area contributed by atoms with Crippen LogP contribution in [0.2, 0.25) is 0 Å². The van der Waals surface area contributed by atoms with Crippen LogP contribution in [0.4, 0.5) is 22.0 Å². The summed E-state index contributed by atoms with van der Waals surface area (Å²) in [5.41, 5.74) is 4.74. The Balaban J connectivity index is 1.73. The van der Waals surface area contributed by atoms with Gasteiger partial charge in [0.2, 0.25) is 0 Å². The van der Waals surface area contributed by atoms with Crippen molar-refractivity contribution < 1.29 is 27.1 Å². The van der Waals surface area contributed by atoms with Crippen molar-refractivity contribution in [1.82, 2.24) is 0 Å². The van der Waals surface area contributed by atoms with E-state index in [1.165, 1.54) is 84.9 Å². The first-order chi connectivity index (χ1) is 21.9. The number of benzene rings is 6. The summed E-state index contributed by atoms with van der Waals surface area (Å²) in [4.78, 5) is 0. The first-order valence-electron chi connectivity index (χ1n) is 14.7. The van der Waals surface area contributed by atoms with Crippen molar-refractivity contribution in [3.05, 3.63) is 150 Å². The predicted octanol–water partition coefficient (Wildman–Crippen LogP) is 11.7. The maximum atomic E-state index is 15.4. The Morgan fingerprint density at radius 3 is 1.24 bits per heavy atom. The van der Waals surface area contributed by atoms with Crippen LogP contribution in [0.1, 0.15) is 26.3 Å². The fraction of sp³-hybridized carbons (Fsp3) is 0.100. The molecule has 0 aliphatic carbocycles. The molecule has 0 aliphatic rings. The molecule has 0 unspecified atom stereocenters. The Bertz CT molecular complexity index is 1990. The molecular weight excluding hydrogens is 591 g/mol. The summed E-state index contributed by atoms with van der Waals surface area (Å²) in [6.07, 6.45) is 0. The highest BCUT2D eigenvalue weighted by molar-refractivity contribution is 6.00. The maximum absolute atomic E-state index is 15.4. The summed E-state index contributed by atoms with van der Waals surface area (Å²) < 4.78 is 71.9. The summed E-state index contributed by atoms with van der Waals surface area (Å²) >= 11 is 0. The Hall–Kier alpha value is -5.23. The molecule has 0 heterocycles. The molecule has 0 aliphatic heterocycles. The highest BCUT2D eigenvalue weighted by Crippen LogP contribution is 2.50. The van der Waals surface area contributed by atoms with E-state index in [-0.39, 0.29) is 5.75 Å². The highest BCUT2D eigenvalue weighted by atomic mass is 19.1. The normalized spacial score (nSPS) is 11.6. The summed E-state index contributed by atoms with van der Waals surface area (Å²) in [5.74, 6) is -2.63. The van der Waals surface area contributed by atoms with E-state index in [0.717, 1.165) is 5.56 Å². The first-order valence-corrected chi connectivity index (χ1v) is 14.7. The van der Waals surface area contributed by atoms with Gasteiger partial charge in [0, 0.05) is 16.7 Å². The lowest BCUT2D eigenvalue weighted by molar-refractivity contribution is 0.478. The van der Waals surface area contributed by atoms with Gasteiger partial charge in [0.1, 0.15) is 34.8 Å². The van der Waals surface area contributed by atoms with Crippen molar-refractivity contribution in [1.29, 1.82) is 0 Å². The average Bonchev–Trinajstić information content (AvgIpc) is 3.02. The SMILES string of the molecule is CC(C)(C)c1cc(-c2ccc(F)cc2-c2ccc(F)cc2)c(O)c(-c2c(-c3ccc(F)cc3)cc(F)cc2-c2ccc(F)cc2)c1. The van der Waals surface area contributed by atoms with Gasteiger partial charge in [-0.25, -0.2) is 22.0 Å². The van der Waals surface area contributed by atoms with Gasteiger partial charge in [-0.3, -0.25) is 0 Å². The Morgan fingerprint density at radius 2 is 0.783 bits per heavy atom. The summed E-state index contributed by atoms with van der Waals surface area (Å²) in [5, 5.41) is 12.2. The smallest absolute Gasteiger partial charge is 0.131 e. The monoisotopic (exact) mass is 620 g/mol. The van der Waals surface area contributed by atoms with Crippen LogP contribution in [0.3, 0.4) is 0 Å². The number of rotatable bonds is 5. The van der Waals surface area contributed by atoms with Crippen LogP contribution in [0, 0.1) is 29.1 Å². The van der Waals surface area contributed by atoms with E-state index in [1.807, 2.05) is 32.9 Å². The number of hydrogen-bond acceptors (Lipinski definition) is 1. The van der Waals surface area contributed by atoms with Crippen molar-refractivity contribution >= 4 is 0 Å². The van der Waals surface area contributed by atoms with E-state index in [2.05, 4.69) is 0 Å². The summed E-state index contributed by atoms with van der Waals surface area (Å²) in [6.45, 7) is 6.01. The minimum absolute atomic E-state index is 0.165. The lowest BCUT2D eigenvalue weighted by Crippen LogP contribution is -2.11. The van der Waals surface area contributed by atoms with Crippen molar-refractivity contribution in [2.75, 3.05) is 0 Å². The standard InChI is InChI=1S/C40H29F5O/c1-40(2,3)26-18-36(32-17-16-30(44)20-33(32)23-4-10-27(41)11-5-23)39(46)37(19-26)38-34(24-6-12-28(42)13-7-24)21-31(45)22-35(38)25-8-14-29(43)15-9-25/h4-22,46H,1-3H3. The molecule has 0 amide bonds. The van der Waals surface area contributed by atoms with E-state index < -0.39 is 34.5 Å². The van der Waals surface area contributed by atoms with Crippen molar-refractivity contribution in [2.45, 2.75) is 26.2 Å². The molecular formula is C40H29F5O. The number of halogens is 5. The van der Waals surface area contributed by atoms with Gasteiger partial charge in [0.15, 0.2) is 0 Å². The van der Waals surface area contributed by atoms with Crippen LogP contribution >= 0.6 is 0 Å². The molecule has 0 radical (unpaired) electrons. The zero-order chi connectivity index (χ0) is 32.7. The van der Waals surface area contributed by atoms with E-state index in [9.17, 15) is 22.7 Å². The van der Waals surface area contributed by atoms with Crippen LogP contribution in [0.15, 0.2) is 115 Å². The second-order valence-corrected chi connectivity index (χ2v) is 12.3. The molecule has 6 aromatic carbocycles. The summed E-state index contributed by atoms with van der Waals surface area (Å²) in [6, 6.07) is 27.3. The molecule has 230 valence electrons. The van der Waals surface area contributed by atoms with Crippen LogP contribution in [-0.2, 0) is 5.41 Å². The summed E-state index contributed by atoms with van der Waals surface area (Å²) in [7, 11) is 0. The Morgan fingerprint density at radius 1 is 0.391 bits per heavy atom. The fourth-order valence-corrected chi connectivity index (χ4v) is 5.69. The average molecular weight is 621 g/mol. The van der Waals surface area contributed by atoms with Crippen molar-refractivity contribution in [3.63, 3.8) is 0 Å². The third-order valence-corrected chi connectivity index (χ3v) is 8.09. The molecule has 0 saturated carbocycles. The van der Waals surface area contributed by atoms with Gasteiger partial charge in [0.05, 0.1) is 0 Å². The number of aromatic hydroxyl groups is 1. The van der Waals surface area contributed by atoms with Gasteiger partial charge in [-0.1, -0.05) is 63.2 Å². The van der Waals surface area contributed by atoms with Crippen molar-refractivity contribution in [2.24, 2.45) is 0 Å². The van der Waals surface area contributed by atoms with E-state index in [4.69, 9.17) is 0 Å². The van der Waals surface area contributed by atoms with Gasteiger partial charge < -0.3 is 5.11 Å². The van der Waals surface area contributed by atoms with Gasteiger partial charge in [-0.2, -0.15) is 0 Å². The van der Waals surface area contributed by atoms with Gasteiger partial charge in [-0.15, -0.1) is 0 Å². The lowest BCUT2D eigenvalue weighted by atomic mass is 9.79.